The number of halogens is 1. The second kappa shape index (κ2) is 7.77. The van der Waals surface area contributed by atoms with E-state index in [1.165, 1.54) is 19.2 Å². The van der Waals surface area contributed by atoms with E-state index in [0.717, 1.165) is 31.4 Å². The molecule has 1 N–H and O–H groups in total. The van der Waals surface area contributed by atoms with Gasteiger partial charge in [-0.05, 0) is 31.0 Å². The molecule has 0 saturated carbocycles. The summed E-state index contributed by atoms with van der Waals surface area (Å²) in [5.74, 6) is -1.20. The lowest BCUT2D eigenvalue weighted by atomic mass is 10.1. The minimum Gasteiger partial charge on any atom is -0.465 e. The van der Waals surface area contributed by atoms with E-state index < -0.39 is 11.8 Å². The number of methoxy groups -OCH3 is 1. The molecule has 0 atom stereocenters. The highest BCUT2D eigenvalue weighted by molar-refractivity contribution is 5.90. The number of esters is 1. The van der Waals surface area contributed by atoms with E-state index in [-0.39, 0.29) is 5.56 Å². The van der Waals surface area contributed by atoms with E-state index in [1.54, 1.807) is 6.07 Å². The van der Waals surface area contributed by atoms with Crippen LogP contribution in [0.5, 0.6) is 0 Å². The number of carbonyl (C=O) groups is 1. The summed E-state index contributed by atoms with van der Waals surface area (Å²) in [6, 6.07) is 4.81. The van der Waals surface area contributed by atoms with Gasteiger partial charge >= 0.3 is 5.97 Å². The molecule has 0 amide bonds. The van der Waals surface area contributed by atoms with Crippen molar-refractivity contribution < 1.29 is 13.9 Å². The predicted molar refractivity (Wildman–Crippen MR) is 75.0 cm³/mol. The Bertz CT molecular complexity index is 415. The maximum Gasteiger partial charge on any atom is 0.340 e. The summed E-state index contributed by atoms with van der Waals surface area (Å²) in [5.41, 5.74) is 0.730. The summed E-state index contributed by atoms with van der Waals surface area (Å²) in [6.07, 6.45) is 4.28. The zero-order valence-electron chi connectivity index (χ0n) is 11.8. The van der Waals surface area contributed by atoms with E-state index in [9.17, 15) is 9.18 Å². The van der Waals surface area contributed by atoms with Crippen molar-refractivity contribution in [2.24, 2.45) is 0 Å². The fraction of sp³-hybridized carbons (Fsp3) is 0.533. The van der Waals surface area contributed by atoms with Crippen LogP contribution in [0.15, 0.2) is 18.2 Å². The van der Waals surface area contributed by atoms with Crippen molar-refractivity contribution in [2.45, 2.75) is 45.6 Å². The van der Waals surface area contributed by atoms with Crippen LogP contribution in [0.2, 0.25) is 0 Å². The number of hydrogen-bond donors (Lipinski definition) is 1. The van der Waals surface area contributed by atoms with Gasteiger partial charge in [0.2, 0.25) is 0 Å². The van der Waals surface area contributed by atoms with Gasteiger partial charge in [-0.2, -0.15) is 0 Å². The Labute approximate surface area is 114 Å². The lowest BCUT2D eigenvalue weighted by molar-refractivity contribution is 0.0595. The van der Waals surface area contributed by atoms with Crippen LogP contribution in [0, 0.1) is 5.82 Å². The molecule has 0 aliphatic rings. The van der Waals surface area contributed by atoms with Gasteiger partial charge in [-0.3, -0.25) is 0 Å². The van der Waals surface area contributed by atoms with E-state index >= 15 is 0 Å². The maximum absolute atomic E-state index is 13.5. The topological polar surface area (TPSA) is 38.3 Å². The first kappa shape index (κ1) is 15.5. The molecule has 0 aliphatic carbocycles. The first-order valence-electron chi connectivity index (χ1n) is 6.76. The smallest absolute Gasteiger partial charge is 0.340 e. The average Bonchev–Trinajstić information content (AvgIpc) is 2.40. The number of ether oxygens (including phenoxy) is 1. The largest absolute Gasteiger partial charge is 0.465 e. The molecule has 1 rings (SSSR count). The lowest BCUT2D eigenvalue weighted by Gasteiger charge is -2.19. The number of benzene rings is 1. The number of anilines is 1. The molecule has 0 unspecified atom stereocenters. The highest BCUT2D eigenvalue weighted by Gasteiger charge is 2.14. The number of carbonyl (C=O) groups excluding carboxylic acids is 1. The third-order valence-corrected chi connectivity index (χ3v) is 3.02. The van der Waals surface area contributed by atoms with Crippen LogP contribution in [-0.2, 0) is 4.74 Å². The Hall–Kier alpha value is -1.58. The molecule has 0 aromatic heterocycles. The highest BCUT2D eigenvalue weighted by Crippen LogP contribution is 2.19. The molecule has 1 aromatic rings. The highest BCUT2D eigenvalue weighted by atomic mass is 19.1. The molecule has 1 aromatic carbocycles. The molecule has 0 radical (unpaired) electrons. The Morgan fingerprint density at radius 3 is 2.47 bits per heavy atom. The quantitative estimate of drug-likeness (QED) is 0.759. The molecular weight excluding hydrogens is 245 g/mol. The molecule has 0 bridgehead atoms. The summed E-state index contributed by atoms with van der Waals surface area (Å²) in [6.45, 7) is 4.27. The minimum absolute atomic E-state index is 0.0285. The third-order valence-electron chi connectivity index (χ3n) is 3.02. The van der Waals surface area contributed by atoms with Gasteiger partial charge in [0.1, 0.15) is 5.82 Å². The molecule has 19 heavy (non-hydrogen) atoms. The molecule has 3 nitrogen and oxygen atoms in total. The third kappa shape index (κ3) is 4.54. The van der Waals surface area contributed by atoms with Gasteiger partial charge in [0.15, 0.2) is 0 Å². The fourth-order valence-corrected chi connectivity index (χ4v) is 2.10. The normalized spacial score (nSPS) is 10.6. The van der Waals surface area contributed by atoms with Crippen molar-refractivity contribution >= 4 is 11.7 Å². The fourth-order valence-electron chi connectivity index (χ4n) is 2.10. The molecular formula is C15H22FNO2. The van der Waals surface area contributed by atoms with E-state index in [1.807, 2.05) is 0 Å². The Balaban J connectivity index is 2.85. The molecule has 4 heteroatoms. The van der Waals surface area contributed by atoms with Crippen LogP contribution in [0.4, 0.5) is 10.1 Å². The van der Waals surface area contributed by atoms with Crippen molar-refractivity contribution in [3.63, 3.8) is 0 Å². The van der Waals surface area contributed by atoms with E-state index in [2.05, 4.69) is 23.9 Å². The summed E-state index contributed by atoms with van der Waals surface area (Å²) < 4.78 is 18.1. The second-order valence-electron chi connectivity index (χ2n) is 4.60. The molecule has 0 spiro atoms. The second-order valence-corrected chi connectivity index (χ2v) is 4.60. The SMILES string of the molecule is CCCC(CCC)Nc1ccc(F)c(C(=O)OC)c1. The first-order valence-corrected chi connectivity index (χ1v) is 6.76. The summed E-state index contributed by atoms with van der Waals surface area (Å²) >= 11 is 0. The Kier molecular flexibility index (Phi) is 6.33. The molecule has 0 aliphatic heterocycles. The van der Waals surface area contributed by atoms with Gasteiger partial charge in [-0.15, -0.1) is 0 Å². The monoisotopic (exact) mass is 267 g/mol. The first-order chi connectivity index (χ1) is 9.12. The number of hydrogen-bond acceptors (Lipinski definition) is 3. The molecule has 0 saturated heterocycles. The van der Waals surface area contributed by atoms with Crippen molar-refractivity contribution in [2.75, 3.05) is 12.4 Å². The van der Waals surface area contributed by atoms with Crippen LogP contribution < -0.4 is 5.32 Å². The molecule has 0 heterocycles. The van der Waals surface area contributed by atoms with Gasteiger partial charge < -0.3 is 10.1 Å². The standard InChI is InChI=1S/C15H22FNO2/c1-4-6-11(7-5-2)17-12-8-9-14(16)13(10-12)15(18)19-3/h8-11,17H,4-7H2,1-3H3. The van der Waals surface area contributed by atoms with Crippen LogP contribution >= 0.6 is 0 Å². The zero-order chi connectivity index (χ0) is 14.3. The maximum atomic E-state index is 13.5. The minimum atomic E-state index is -0.649. The zero-order valence-corrected chi connectivity index (χ0v) is 11.8. The van der Waals surface area contributed by atoms with Crippen LogP contribution in [0.1, 0.15) is 49.9 Å². The average molecular weight is 267 g/mol. The van der Waals surface area contributed by atoms with Crippen LogP contribution in [0.3, 0.4) is 0 Å². The molecule has 0 fully saturated rings. The van der Waals surface area contributed by atoms with Gasteiger partial charge in [0, 0.05) is 11.7 Å². The van der Waals surface area contributed by atoms with Gasteiger partial charge in [0.05, 0.1) is 12.7 Å². The van der Waals surface area contributed by atoms with Crippen molar-refractivity contribution in [1.82, 2.24) is 0 Å². The number of nitrogens with one attached hydrogen (secondary N) is 1. The van der Waals surface area contributed by atoms with Gasteiger partial charge in [0.25, 0.3) is 0 Å². The summed E-state index contributed by atoms with van der Waals surface area (Å²) in [4.78, 5) is 11.4. The van der Waals surface area contributed by atoms with E-state index in [0.29, 0.717) is 6.04 Å². The van der Waals surface area contributed by atoms with Crippen molar-refractivity contribution in [3.05, 3.63) is 29.6 Å². The Morgan fingerprint density at radius 1 is 1.32 bits per heavy atom. The van der Waals surface area contributed by atoms with Crippen LogP contribution in [-0.4, -0.2) is 19.1 Å². The van der Waals surface area contributed by atoms with E-state index in [4.69, 9.17) is 0 Å². The van der Waals surface area contributed by atoms with Gasteiger partial charge in [-0.25, -0.2) is 9.18 Å². The van der Waals surface area contributed by atoms with Crippen molar-refractivity contribution in [3.8, 4) is 0 Å². The van der Waals surface area contributed by atoms with Gasteiger partial charge in [-0.1, -0.05) is 26.7 Å². The van der Waals surface area contributed by atoms with Crippen LogP contribution in [0.25, 0.3) is 0 Å². The van der Waals surface area contributed by atoms with Crippen molar-refractivity contribution in [1.29, 1.82) is 0 Å². The molecule has 106 valence electrons. The number of rotatable bonds is 7. The summed E-state index contributed by atoms with van der Waals surface area (Å²) in [5, 5.41) is 3.35. The predicted octanol–water partition coefficient (Wildman–Crippen LogP) is 3.99. The Morgan fingerprint density at radius 2 is 1.95 bits per heavy atom. The lowest BCUT2D eigenvalue weighted by Crippen LogP contribution is -2.19. The summed E-state index contributed by atoms with van der Waals surface area (Å²) in [7, 11) is 1.25.